The van der Waals surface area contributed by atoms with Crippen molar-refractivity contribution in [3.05, 3.63) is 105 Å². The number of nitrogens with one attached hydrogen (secondary N) is 1. The number of ether oxygens (including phenoxy) is 3. The van der Waals surface area contributed by atoms with E-state index in [1.807, 2.05) is 0 Å². The Labute approximate surface area is 273 Å². The smallest absolute Gasteiger partial charge is 0.335 e. The Hall–Kier alpha value is -5.36. The van der Waals surface area contributed by atoms with Crippen molar-refractivity contribution in [1.82, 2.24) is 19.0 Å². The molecule has 2 fully saturated rings. The Morgan fingerprint density at radius 3 is 2.46 bits per heavy atom. The van der Waals surface area contributed by atoms with Gasteiger partial charge in [0.2, 0.25) is 0 Å². The molecule has 2 aliphatic rings. The van der Waals surface area contributed by atoms with E-state index in [-0.39, 0.29) is 40.3 Å². The first-order chi connectivity index (χ1) is 23.3. The molecule has 0 saturated carbocycles. The summed E-state index contributed by atoms with van der Waals surface area (Å²) in [5, 5.41) is 2.53. The fraction of sp³-hybridized carbons (Fsp3) is 0.294. The minimum atomic E-state index is -0.912. The number of carbonyl (C=O) groups is 1. The Kier molecular flexibility index (Phi) is 9.91. The Balaban J connectivity index is 1.25. The molecule has 2 saturated heterocycles. The van der Waals surface area contributed by atoms with Crippen molar-refractivity contribution < 1.29 is 27.8 Å². The van der Waals surface area contributed by atoms with Crippen molar-refractivity contribution in [1.29, 1.82) is 0 Å². The standard InChI is InChI=1S/C34H32F2N6O6/c35-22-3-6-25(7-4-22)42-33(44)27(21-41(34(42)45)24-10-16-46-17-11-24)32(43)39-23-5-8-30(28(36)20-23)48-29-9-12-38-31(37)26(29)2-1-13-40-14-18-47-19-15-40/h3-9,12,20-21,24H,10-11,13-19H2,(H2,37,38)(H,39,43). The second kappa shape index (κ2) is 14.6. The second-order valence-electron chi connectivity index (χ2n) is 11.2. The van der Waals surface area contributed by atoms with E-state index in [4.69, 9.17) is 19.9 Å². The highest BCUT2D eigenvalue weighted by Gasteiger charge is 2.24. The van der Waals surface area contributed by atoms with Crippen LogP contribution in [-0.4, -0.2) is 71.0 Å². The molecule has 0 radical (unpaired) electrons. The topological polar surface area (TPSA) is 143 Å². The van der Waals surface area contributed by atoms with Crippen molar-refractivity contribution >= 4 is 17.4 Å². The van der Waals surface area contributed by atoms with Gasteiger partial charge in [-0.05, 0) is 49.2 Å². The van der Waals surface area contributed by atoms with Crippen molar-refractivity contribution in [3.8, 4) is 29.0 Å². The highest BCUT2D eigenvalue weighted by Crippen LogP contribution is 2.30. The lowest BCUT2D eigenvalue weighted by atomic mass is 10.1. The predicted octanol–water partition coefficient (Wildman–Crippen LogP) is 3.33. The highest BCUT2D eigenvalue weighted by molar-refractivity contribution is 6.03. The van der Waals surface area contributed by atoms with Crippen LogP contribution in [0.3, 0.4) is 0 Å². The first-order valence-corrected chi connectivity index (χ1v) is 15.3. The van der Waals surface area contributed by atoms with Crippen molar-refractivity contribution in [3.63, 3.8) is 0 Å². The van der Waals surface area contributed by atoms with Gasteiger partial charge in [0.1, 0.15) is 28.5 Å². The number of nitrogen functional groups attached to an aromatic ring is 1. The molecule has 0 aliphatic carbocycles. The van der Waals surface area contributed by atoms with Crippen LogP contribution in [0.5, 0.6) is 11.5 Å². The summed E-state index contributed by atoms with van der Waals surface area (Å²) in [7, 11) is 0. The van der Waals surface area contributed by atoms with Gasteiger partial charge in [0.15, 0.2) is 11.6 Å². The zero-order valence-corrected chi connectivity index (χ0v) is 25.8. The summed E-state index contributed by atoms with van der Waals surface area (Å²) in [6.07, 6.45) is 3.60. The van der Waals surface area contributed by atoms with Gasteiger partial charge in [-0.25, -0.2) is 23.1 Å². The molecule has 6 rings (SSSR count). The molecule has 0 unspecified atom stereocenters. The highest BCUT2D eigenvalue weighted by atomic mass is 19.1. The van der Waals surface area contributed by atoms with E-state index in [0.717, 1.165) is 35.9 Å². The summed E-state index contributed by atoms with van der Waals surface area (Å²) in [4.78, 5) is 46.7. The van der Waals surface area contributed by atoms with E-state index in [1.165, 1.54) is 47.3 Å². The van der Waals surface area contributed by atoms with E-state index in [9.17, 15) is 18.8 Å². The van der Waals surface area contributed by atoms with Crippen LogP contribution in [0.15, 0.2) is 70.5 Å². The largest absolute Gasteiger partial charge is 0.453 e. The van der Waals surface area contributed by atoms with Gasteiger partial charge in [0.25, 0.3) is 11.5 Å². The lowest BCUT2D eigenvalue weighted by molar-refractivity contribution is 0.0443. The predicted molar refractivity (Wildman–Crippen MR) is 173 cm³/mol. The number of anilines is 2. The third kappa shape index (κ3) is 7.28. The van der Waals surface area contributed by atoms with Crippen LogP contribution in [0.2, 0.25) is 0 Å². The monoisotopic (exact) mass is 658 g/mol. The maximum absolute atomic E-state index is 15.3. The van der Waals surface area contributed by atoms with Crippen LogP contribution in [0.4, 0.5) is 20.3 Å². The van der Waals surface area contributed by atoms with E-state index in [2.05, 4.69) is 27.0 Å². The Morgan fingerprint density at radius 1 is 1.00 bits per heavy atom. The molecule has 2 aliphatic heterocycles. The molecule has 1 amide bonds. The summed E-state index contributed by atoms with van der Waals surface area (Å²) in [6.45, 7) is 4.09. The number of halogens is 2. The number of amides is 1. The third-order valence-electron chi connectivity index (χ3n) is 8.00. The third-order valence-corrected chi connectivity index (χ3v) is 8.00. The minimum Gasteiger partial charge on any atom is -0.453 e. The van der Waals surface area contributed by atoms with E-state index >= 15 is 4.39 Å². The lowest BCUT2D eigenvalue weighted by Crippen LogP contribution is -2.44. The number of rotatable bonds is 7. The van der Waals surface area contributed by atoms with Crippen LogP contribution >= 0.6 is 0 Å². The molecule has 2 aromatic carbocycles. The van der Waals surface area contributed by atoms with Crippen LogP contribution < -0.4 is 27.0 Å². The number of pyridine rings is 1. The molecule has 4 heterocycles. The quantitative estimate of drug-likeness (QED) is 0.286. The normalized spacial score (nSPS) is 15.4. The van der Waals surface area contributed by atoms with Gasteiger partial charge in [0, 0.05) is 62.6 Å². The number of nitrogens with zero attached hydrogens (tertiary/aromatic N) is 4. The molecule has 14 heteroatoms. The molecule has 0 spiro atoms. The molecule has 0 bridgehead atoms. The maximum atomic E-state index is 15.3. The van der Waals surface area contributed by atoms with Crippen LogP contribution in [0.25, 0.3) is 5.69 Å². The van der Waals surface area contributed by atoms with E-state index in [0.29, 0.717) is 51.4 Å². The number of hydrogen-bond acceptors (Lipinski definition) is 9. The van der Waals surface area contributed by atoms with Crippen LogP contribution in [-0.2, 0) is 9.47 Å². The number of carbonyl (C=O) groups excluding carboxylic acids is 1. The molecular formula is C34H32F2N6O6. The first kappa shape index (κ1) is 32.6. The van der Waals surface area contributed by atoms with Crippen molar-refractivity contribution in [2.75, 3.05) is 57.1 Å². The van der Waals surface area contributed by atoms with Gasteiger partial charge in [0.05, 0.1) is 25.4 Å². The zero-order valence-electron chi connectivity index (χ0n) is 25.8. The molecule has 48 heavy (non-hydrogen) atoms. The van der Waals surface area contributed by atoms with Gasteiger partial charge in [-0.2, -0.15) is 0 Å². The molecule has 0 atom stereocenters. The fourth-order valence-electron chi connectivity index (χ4n) is 5.42. The van der Waals surface area contributed by atoms with Gasteiger partial charge < -0.3 is 25.3 Å². The number of benzene rings is 2. The Morgan fingerprint density at radius 2 is 1.73 bits per heavy atom. The van der Waals surface area contributed by atoms with Gasteiger partial charge >= 0.3 is 5.69 Å². The Bertz CT molecular complexity index is 1990. The van der Waals surface area contributed by atoms with Gasteiger partial charge in [-0.3, -0.25) is 19.1 Å². The summed E-state index contributed by atoms with van der Waals surface area (Å²) in [5.74, 6) is 3.95. The first-order valence-electron chi connectivity index (χ1n) is 15.3. The van der Waals surface area contributed by atoms with Gasteiger partial charge in [-0.15, -0.1) is 0 Å². The average molecular weight is 659 g/mol. The van der Waals surface area contributed by atoms with E-state index in [1.54, 1.807) is 0 Å². The molecule has 12 nitrogen and oxygen atoms in total. The summed E-state index contributed by atoms with van der Waals surface area (Å²) in [5.41, 5.74) is 4.54. The lowest BCUT2D eigenvalue weighted by Gasteiger charge is -2.25. The molecule has 4 aromatic rings. The SMILES string of the molecule is Nc1nccc(Oc2ccc(NC(=O)c3cn(C4CCOCC4)c(=O)n(-c4ccc(F)cc4)c3=O)cc2F)c1C#CCN1CCOCC1. The molecule has 3 N–H and O–H groups in total. The fourth-order valence-corrected chi connectivity index (χ4v) is 5.42. The van der Waals surface area contributed by atoms with Crippen LogP contribution in [0, 0.1) is 23.5 Å². The van der Waals surface area contributed by atoms with Gasteiger partial charge in [-0.1, -0.05) is 11.8 Å². The number of hydrogen-bond donors (Lipinski definition) is 2. The summed E-state index contributed by atoms with van der Waals surface area (Å²) >= 11 is 0. The molecule has 2 aromatic heterocycles. The number of morpholine rings is 1. The molecular weight excluding hydrogens is 626 g/mol. The summed E-state index contributed by atoms with van der Waals surface area (Å²) < 4.78 is 47.7. The van der Waals surface area contributed by atoms with Crippen molar-refractivity contribution in [2.45, 2.75) is 18.9 Å². The maximum Gasteiger partial charge on any atom is 0.335 e. The second-order valence-corrected chi connectivity index (χ2v) is 11.2. The van der Waals surface area contributed by atoms with Crippen LogP contribution in [0.1, 0.15) is 34.8 Å². The summed E-state index contributed by atoms with van der Waals surface area (Å²) in [6, 6.07) is 9.71. The zero-order chi connectivity index (χ0) is 33.6. The molecule has 248 valence electrons. The number of aromatic nitrogens is 3. The number of nitrogens with two attached hydrogens (primary N) is 1. The van der Waals surface area contributed by atoms with E-state index < -0.39 is 28.8 Å². The van der Waals surface area contributed by atoms with Crippen molar-refractivity contribution in [2.24, 2.45) is 0 Å². The minimum absolute atomic E-state index is 0.0289. The average Bonchev–Trinajstić information content (AvgIpc) is 3.09.